The lowest BCUT2D eigenvalue weighted by atomic mass is 9.73. The number of benzene rings is 2. The molecule has 2 aromatic carbocycles. The summed E-state index contributed by atoms with van der Waals surface area (Å²) in [6, 6.07) is 11.1. The lowest BCUT2D eigenvalue weighted by Crippen LogP contribution is -2.38. The van der Waals surface area contributed by atoms with E-state index >= 15 is 0 Å². The van der Waals surface area contributed by atoms with Crippen LogP contribution < -0.4 is 19.5 Å². The number of ketones is 1. The number of amides is 1. The van der Waals surface area contributed by atoms with Crippen molar-refractivity contribution in [1.82, 2.24) is 5.32 Å². The molecule has 0 fully saturated rings. The normalized spacial score (nSPS) is 20.4. The number of carbonyl (C=O) groups excluding carboxylic acids is 2. The number of Topliss-reactive ketones (excluding diaryl/α,β-unsaturated/α-hetero) is 1. The van der Waals surface area contributed by atoms with Gasteiger partial charge in [-0.1, -0.05) is 12.1 Å². The molecular formula is C26H29NO6. The molecule has 174 valence electrons. The van der Waals surface area contributed by atoms with Crippen LogP contribution in [-0.2, 0) is 9.59 Å². The number of nitrogens with one attached hydrogen (secondary N) is 1. The van der Waals surface area contributed by atoms with Gasteiger partial charge in [0.2, 0.25) is 11.7 Å². The Labute approximate surface area is 193 Å². The molecule has 0 spiro atoms. The molecule has 0 saturated heterocycles. The molecule has 1 amide bonds. The van der Waals surface area contributed by atoms with Gasteiger partial charge >= 0.3 is 0 Å². The van der Waals surface area contributed by atoms with E-state index < -0.39 is 5.92 Å². The number of hydrogen-bond acceptors (Lipinski definition) is 6. The minimum atomic E-state index is -0.424. The van der Waals surface area contributed by atoms with Crippen LogP contribution in [0, 0.1) is 0 Å². The first-order valence-corrected chi connectivity index (χ1v) is 11.1. The highest BCUT2D eigenvalue weighted by Gasteiger charge is 2.38. The van der Waals surface area contributed by atoms with Crippen LogP contribution in [0.1, 0.15) is 56.1 Å². The number of carbonyl (C=O) groups is 2. The first kappa shape index (κ1) is 22.7. The van der Waals surface area contributed by atoms with Crippen LogP contribution in [-0.4, -0.2) is 37.1 Å². The molecule has 2 N–H and O–H groups in total. The van der Waals surface area contributed by atoms with E-state index in [4.69, 9.17) is 14.2 Å². The van der Waals surface area contributed by atoms with E-state index in [9.17, 15) is 14.7 Å². The fourth-order valence-electron chi connectivity index (χ4n) is 4.69. The molecule has 0 radical (unpaired) electrons. The van der Waals surface area contributed by atoms with Gasteiger partial charge in [0.1, 0.15) is 5.75 Å². The van der Waals surface area contributed by atoms with Crippen molar-refractivity contribution in [1.29, 1.82) is 0 Å². The van der Waals surface area contributed by atoms with Crippen LogP contribution in [0.4, 0.5) is 0 Å². The van der Waals surface area contributed by atoms with Crippen molar-refractivity contribution in [3.05, 3.63) is 58.8 Å². The predicted octanol–water partition coefficient (Wildman–Crippen LogP) is 4.20. The Bertz CT molecular complexity index is 1080. The number of phenols is 1. The van der Waals surface area contributed by atoms with E-state index in [1.54, 1.807) is 12.1 Å². The molecule has 0 bridgehead atoms. The van der Waals surface area contributed by atoms with Gasteiger partial charge in [-0.15, -0.1) is 0 Å². The zero-order valence-electron chi connectivity index (χ0n) is 19.3. The second kappa shape index (κ2) is 9.17. The maximum absolute atomic E-state index is 13.3. The Morgan fingerprint density at radius 2 is 1.58 bits per heavy atom. The van der Waals surface area contributed by atoms with Gasteiger partial charge in [0.05, 0.1) is 20.3 Å². The Balaban J connectivity index is 1.67. The van der Waals surface area contributed by atoms with Crippen molar-refractivity contribution in [2.75, 3.05) is 14.2 Å². The van der Waals surface area contributed by atoms with E-state index in [0.29, 0.717) is 29.7 Å². The molecule has 2 aromatic rings. The molecule has 2 atom stereocenters. The number of rotatable bonds is 6. The molecule has 4 rings (SSSR count). The third kappa shape index (κ3) is 4.53. The fraction of sp³-hybridized carbons (Fsp3) is 0.385. The molecule has 0 saturated carbocycles. The predicted molar refractivity (Wildman–Crippen MR) is 123 cm³/mol. The van der Waals surface area contributed by atoms with Crippen LogP contribution in [0.25, 0.3) is 0 Å². The summed E-state index contributed by atoms with van der Waals surface area (Å²) >= 11 is 0. The van der Waals surface area contributed by atoms with Gasteiger partial charge in [-0.05, 0) is 61.6 Å². The van der Waals surface area contributed by atoms with Crippen LogP contribution in [0.2, 0.25) is 0 Å². The molecule has 1 aliphatic heterocycles. The van der Waals surface area contributed by atoms with Gasteiger partial charge in [-0.25, -0.2) is 0 Å². The summed E-state index contributed by atoms with van der Waals surface area (Å²) in [5.74, 6) is 0.582. The van der Waals surface area contributed by atoms with Crippen molar-refractivity contribution in [2.45, 2.75) is 51.0 Å². The van der Waals surface area contributed by atoms with Gasteiger partial charge in [0.15, 0.2) is 17.3 Å². The highest BCUT2D eigenvalue weighted by Crippen LogP contribution is 2.46. The van der Waals surface area contributed by atoms with Gasteiger partial charge in [0, 0.05) is 30.0 Å². The number of aromatic hydroxyl groups is 1. The lowest BCUT2D eigenvalue weighted by molar-refractivity contribution is -0.122. The van der Waals surface area contributed by atoms with E-state index in [1.165, 1.54) is 14.2 Å². The highest BCUT2D eigenvalue weighted by atomic mass is 16.5. The minimum absolute atomic E-state index is 0.0137. The average Bonchev–Trinajstić information content (AvgIpc) is 2.78. The molecule has 7 nitrogen and oxygen atoms in total. The topological polar surface area (TPSA) is 94.1 Å². The van der Waals surface area contributed by atoms with Gasteiger partial charge < -0.3 is 24.6 Å². The molecule has 7 heteroatoms. The quantitative estimate of drug-likeness (QED) is 0.684. The standard InChI is InChI=1S/C26H29NO6/c1-14(2)33-18-7-5-15(6-8-18)16-9-20-25(21(28)10-16)19(13-24(29)27-20)17-11-22(31-3)26(30)23(12-17)32-4/h5-8,11-12,14,16,19,30H,9-10,13H2,1-4H3,(H,27,29)/t16-,19-/m0/s1. The summed E-state index contributed by atoms with van der Waals surface area (Å²) in [4.78, 5) is 25.9. The molecule has 2 aliphatic rings. The van der Waals surface area contributed by atoms with Crippen LogP contribution in [0.15, 0.2) is 47.7 Å². The largest absolute Gasteiger partial charge is 0.502 e. The Kier molecular flexibility index (Phi) is 6.31. The summed E-state index contributed by atoms with van der Waals surface area (Å²) < 4.78 is 16.3. The molecule has 0 aromatic heterocycles. The maximum Gasteiger partial charge on any atom is 0.225 e. The zero-order valence-corrected chi connectivity index (χ0v) is 19.3. The zero-order chi connectivity index (χ0) is 23.7. The minimum Gasteiger partial charge on any atom is -0.502 e. The van der Waals surface area contributed by atoms with E-state index in [2.05, 4.69) is 5.32 Å². The third-order valence-electron chi connectivity index (χ3n) is 6.16. The number of allylic oxidation sites excluding steroid dienone is 2. The summed E-state index contributed by atoms with van der Waals surface area (Å²) in [5, 5.41) is 13.2. The van der Waals surface area contributed by atoms with E-state index in [-0.39, 0.29) is 47.4 Å². The smallest absolute Gasteiger partial charge is 0.225 e. The average molecular weight is 452 g/mol. The summed E-state index contributed by atoms with van der Waals surface area (Å²) in [6.45, 7) is 3.95. The number of ether oxygens (including phenoxy) is 3. The SMILES string of the molecule is COc1cc([C@@H]2CC(=O)NC3=C2C(=O)C[C@@H](c2ccc(OC(C)C)cc2)C3)cc(OC)c1O. The molecule has 33 heavy (non-hydrogen) atoms. The number of phenolic OH excluding ortho intramolecular Hbond substituents is 1. The van der Waals surface area contributed by atoms with Gasteiger partial charge in [-0.3, -0.25) is 9.59 Å². The molecule has 0 unspecified atom stereocenters. The van der Waals surface area contributed by atoms with E-state index in [0.717, 1.165) is 11.3 Å². The van der Waals surface area contributed by atoms with Gasteiger partial charge in [0.25, 0.3) is 0 Å². The first-order valence-electron chi connectivity index (χ1n) is 11.1. The van der Waals surface area contributed by atoms with Crippen LogP contribution in [0.3, 0.4) is 0 Å². The molecule has 1 heterocycles. The number of hydrogen-bond donors (Lipinski definition) is 2. The van der Waals surface area contributed by atoms with Crippen molar-refractivity contribution < 1.29 is 28.9 Å². The Morgan fingerprint density at radius 3 is 2.15 bits per heavy atom. The first-order chi connectivity index (χ1) is 15.8. The maximum atomic E-state index is 13.3. The second-order valence-corrected chi connectivity index (χ2v) is 8.74. The van der Waals surface area contributed by atoms with E-state index in [1.807, 2.05) is 38.1 Å². The van der Waals surface area contributed by atoms with Crippen molar-refractivity contribution in [3.8, 4) is 23.0 Å². The van der Waals surface area contributed by atoms with Crippen LogP contribution >= 0.6 is 0 Å². The second-order valence-electron chi connectivity index (χ2n) is 8.74. The molecular weight excluding hydrogens is 422 g/mol. The van der Waals surface area contributed by atoms with Gasteiger partial charge in [-0.2, -0.15) is 0 Å². The van der Waals surface area contributed by atoms with Crippen molar-refractivity contribution in [2.24, 2.45) is 0 Å². The highest BCUT2D eigenvalue weighted by molar-refractivity contribution is 6.02. The molecule has 1 aliphatic carbocycles. The van der Waals surface area contributed by atoms with Crippen molar-refractivity contribution >= 4 is 11.7 Å². The monoisotopic (exact) mass is 451 g/mol. The fourth-order valence-corrected chi connectivity index (χ4v) is 4.69. The summed E-state index contributed by atoms with van der Waals surface area (Å²) in [6.07, 6.45) is 1.17. The number of methoxy groups -OCH3 is 2. The summed E-state index contributed by atoms with van der Waals surface area (Å²) in [5.41, 5.74) is 3.03. The Morgan fingerprint density at radius 1 is 0.939 bits per heavy atom. The lowest BCUT2D eigenvalue weighted by Gasteiger charge is -2.34. The van der Waals surface area contributed by atoms with Crippen LogP contribution in [0.5, 0.6) is 23.0 Å². The summed E-state index contributed by atoms with van der Waals surface area (Å²) in [7, 11) is 2.90. The van der Waals surface area contributed by atoms with Crippen molar-refractivity contribution in [3.63, 3.8) is 0 Å². The third-order valence-corrected chi connectivity index (χ3v) is 6.16. The Hall–Kier alpha value is -3.48.